The normalized spacial score (nSPS) is 10.8. The summed E-state index contributed by atoms with van der Waals surface area (Å²) < 4.78 is 1.86. The third-order valence-electron chi connectivity index (χ3n) is 4.61. The third-order valence-corrected chi connectivity index (χ3v) is 6.32. The van der Waals surface area contributed by atoms with Crippen molar-refractivity contribution < 1.29 is 9.59 Å². The van der Waals surface area contributed by atoms with Gasteiger partial charge in [0, 0.05) is 29.2 Å². The molecule has 0 spiro atoms. The van der Waals surface area contributed by atoms with Crippen LogP contribution >= 0.6 is 23.1 Å². The van der Waals surface area contributed by atoms with Gasteiger partial charge in [0.15, 0.2) is 5.16 Å². The van der Waals surface area contributed by atoms with Crippen LogP contribution in [0.15, 0.2) is 59.1 Å². The van der Waals surface area contributed by atoms with Crippen LogP contribution in [0.5, 0.6) is 0 Å². The summed E-state index contributed by atoms with van der Waals surface area (Å²) in [7, 11) is 0. The Bertz CT molecular complexity index is 1310. The minimum atomic E-state index is -0.147. The van der Waals surface area contributed by atoms with Crippen LogP contribution in [0, 0.1) is 13.8 Å². The predicted octanol–water partition coefficient (Wildman–Crippen LogP) is 4.70. The molecule has 0 bridgehead atoms. The van der Waals surface area contributed by atoms with Crippen LogP contribution in [0.3, 0.4) is 0 Å². The maximum atomic E-state index is 12.6. The van der Waals surface area contributed by atoms with E-state index in [0.717, 1.165) is 22.0 Å². The van der Waals surface area contributed by atoms with E-state index in [1.165, 1.54) is 18.7 Å². The number of amides is 2. The van der Waals surface area contributed by atoms with Crippen molar-refractivity contribution in [3.05, 3.63) is 64.7 Å². The zero-order valence-electron chi connectivity index (χ0n) is 18.3. The molecule has 0 saturated heterocycles. The van der Waals surface area contributed by atoms with E-state index in [2.05, 4.69) is 25.8 Å². The monoisotopic (exact) mass is 478 g/mol. The van der Waals surface area contributed by atoms with Gasteiger partial charge in [0.05, 0.1) is 22.1 Å². The Balaban J connectivity index is 1.44. The van der Waals surface area contributed by atoms with E-state index in [9.17, 15) is 9.59 Å². The molecule has 2 amide bonds. The summed E-state index contributed by atoms with van der Waals surface area (Å²) in [6, 6.07) is 15.0. The highest BCUT2D eigenvalue weighted by atomic mass is 32.2. The van der Waals surface area contributed by atoms with Gasteiger partial charge in [-0.25, -0.2) is 4.98 Å². The lowest BCUT2D eigenvalue weighted by Gasteiger charge is -2.11. The van der Waals surface area contributed by atoms with Gasteiger partial charge in [-0.2, -0.15) is 0 Å². The molecule has 2 aromatic carbocycles. The van der Waals surface area contributed by atoms with Crippen LogP contribution in [0.25, 0.3) is 16.9 Å². The van der Waals surface area contributed by atoms with Gasteiger partial charge in [0.25, 0.3) is 0 Å². The highest BCUT2D eigenvalue weighted by Crippen LogP contribution is 2.26. The molecular weight excluding hydrogens is 456 g/mol. The lowest BCUT2D eigenvalue weighted by Crippen LogP contribution is -2.14. The second-order valence-corrected chi connectivity index (χ2v) is 9.27. The molecule has 0 saturated carbocycles. The van der Waals surface area contributed by atoms with E-state index in [0.29, 0.717) is 22.4 Å². The highest BCUT2D eigenvalue weighted by molar-refractivity contribution is 7.99. The van der Waals surface area contributed by atoms with Gasteiger partial charge in [0.1, 0.15) is 5.82 Å². The number of anilines is 2. The molecule has 33 heavy (non-hydrogen) atoms. The van der Waals surface area contributed by atoms with Gasteiger partial charge in [0.2, 0.25) is 11.8 Å². The Morgan fingerprint density at radius 2 is 1.79 bits per heavy atom. The predicted molar refractivity (Wildman–Crippen MR) is 132 cm³/mol. The molecule has 0 atom stereocenters. The molecule has 0 aliphatic rings. The quantitative estimate of drug-likeness (QED) is 0.374. The SMILES string of the molecule is CC(=O)Nc1cccc(-n2c(C)nnc2SCC(=O)Nc2cccc(-c3csc(C)n3)c2)c1. The van der Waals surface area contributed by atoms with Crippen molar-refractivity contribution in [1.82, 2.24) is 19.7 Å². The van der Waals surface area contributed by atoms with Gasteiger partial charge < -0.3 is 10.6 Å². The summed E-state index contributed by atoms with van der Waals surface area (Å²) in [4.78, 5) is 28.5. The molecule has 0 aliphatic heterocycles. The van der Waals surface area contributed by atoms with Gasteiger partial charge >= 0.3 is 0 Å². The molecule has 4 rings (SSSR count). The zero-order chi connectivity index (χ0) is 23.4. The average molecular weight is 479 g/mol. The van der Waals surface area contributed by atoms with Crippen LogP contribution in [0.1, 0.15) is 17.8 Å². The molecule has 2 N–H and O–H groups in total. The van der Waals surface area contributed by atoms with Crippen molar-refractivity contribution >= 4 is 46.3 Å². The minimum absolute atomic E-state index is 0.145. The zero-order valence-corrected chi connectivity index (χ0v) is 20.0. The minimum Gasteiger partial charge on any atom is -0.326 e. The molecule has 0 radical (unpaired) electrons. The van der Waals surface area contributed by atoms with Crippen molar-refractivity contribution in [2.45, 2.75) is 25.9 Å². The number of thioether (sulfide) groups is 1. The molecule has 0 fully saturated rings. The molecule has 0 unspecified atom stereocenters. The Labute approximate surface area is 199 Å². The van der Waals surface area contributed by atoms with Crippen LogP contribution in [0.2, 0.25) is 0 Å². The number of carbonyl (C=O) groups excluding carboxylic acids is 2. The van der Waals surface area contributed by atoms with Crippen LogP contribution in [0.4, 0.5) is 11.4 Å². The van der Waals surface area contributed by atoms with Crippen LogP contribution in [-0.2, 0) is 9.59 Å². The molecule has 2 heterocycles. The Morgan fingerprint density at radius 1 is 1.03 bits per heavy atom. The van der Waals surface area contributed by atoms with E-state index in [-0.39, 0.29) is 17.6 Å². The van der Waals surface area contributed by atoms with E-state index in [1.807, 2.05) is 72.3 Å². The summed E-state index contributed by atoms with van der Waals surface area (Å²) >= 11 is 2.89. The van der Waals surface area contributed by atoms with Crippen molar-refractivity contribution in [3.8, 4) is 16.9 Å². The van der Waals surface area contributed by atoms with Crippen molar-refractivity contribution in [1.29, 1.82) is 0 Å². The first kappa shape index (κ1) is 22.7. The first-order chi connectivity index (χ1) is 15.9. The molecule has 168 valence electrons. The van der Waals surface area contributed by atoms with E-state index >= 15 is 0 Å². The molecule has 8 nitrogen and oxygen atoms in total. The Hall–Kier alpha value is -3.50. The summed E-state index contributed by atoms with van der Waals surface area (Å²) in [5, 5.41) is 17.7. The number of carbonyl (C=O) groups is 2. The highest BCUT2D eigenvalue weighted by Gasteiger charge is 2.14. The summed E-state index contributed by atoms with van der Waals surface area (Å²) in [6.45, 7) is 5.27. The maximum Gasteiger partial charge on any atom is 0.234 e. The second-order valence-electron chi connectivity index (χ2n) is 7.27. The van der Waals surface area contributed by atoms with Crippen molar-refractivity contribution in [2.24, 2.45) is 0 Å². The standard InChI is InChI=1S/C23H22N6O2S2/c1-14-27-28-23(29(14)20-9-5-8-19(11-20)24-15(2)30)33-13-22(31)26-18-7-4-6-17(10-18)21-12-32-16(3)25-21/h4-12H,13H2,1-3H3,(H,24,30)(H,26,31). The van der Waals surface area contributed by atoms with Gasteiger partial charge in [-0.05, 0) is 44.2 Å². The van der Waals surface area contributed by atoms with Crippen molar-refractivity contribution in [3.63, 3.8) is 0 Å². The number of rotatable bonds is 7. The number of aryl methyl sites for hydroxylation is 2. The molecule has 0 aliphatic carbocycles. The van der Waals surface area contributed by atoms with Crippen molar-refractivity contribution in [2.75, 3.05) is 16.4 Å². The number of hydrogen-bond donors (Lipinski definition) is 2. The van der Waals surface area contributed by atoms with Crippen LogP contribution in [-0.4, -0.2) is 37.3 Å². The van der Waals surface area contributed by atoms with Crippen LogP contribution < -0.4 is 10.6 Å². The van der Waals surface area contributed by atoms with Gasteiger partial charge in [-0.15, -0.1) is 21.5 Å². The smallest absolute Gasteiger partial charge is 0.234 e. The number of nitrogens with one attached hydrogen (secondary N) is 2. The van der Waals surface area contributed by atoms with Gasteiger partial charge in [-0.3, -0.25) is 14.2 Å². The molecular formula is C23H22N6O2S2. The molecule has 4 aromatic rings. The second kappa shape index (κ2) is 9.97. The average Bonchev–Trinajstić information content (AvgIpc) is 3.37. The number of nitrogens with zero attached hydrogens (tertiary/aromatic N) is 4. The Kier molecular flexibility index (Phi) is 6.85. The number of thiazole rings is 1. The van der Waals surface area contributed by atoms with Gasteiger partial charge in [-0.1, -0.05) is 30.0 Å². The third kappa shape index (κ3) is 5.65. The number of hydrogen-bond acceptors (Lipinski definition) is 7. The van der Waals surface area contributed by atoms with E-state index < -0.39 is 0 Å². The summed E-state index contributed by atoms with van der Waals surface area (Å²) in [5.74, 6) is 0.562. The maximum absolute atomic E-state index is 12.6. The first-order valence-corrected chi connectivity index (χ1v) is 12.0. The summed E-state index contributed by atoms with van der Waals surface area (Å²) in [6.07, 6.45) is 0. The van der Waals surface area contributed by atoms with E-state index in [1.54, 1.807) is 11.3 Å². The fourth-order valence-corrected chi connectivity index (χ4v) is 4.66. The lowest BCUT2D eigenvalue weighted by molar-refractivity contribution is -0.114. The Morgan fingerprint density at radius 3 is 2.52 bits per heavy atom. The first-order valence-electron chi connectivity index (χ1n) is 10.1. The number of aromatic nitrogens is 4. The largest absolute Gasteiger partial charge is 0.326 e. The van der Waals surface area contributed by atoms with E-state index in [4.69, 9.17) is 0 Å². The topological polar surface area (TPSA) is 102 Å². The number of benzene rings is 2. The molecule has 2 aromatic heterocycles. The summed E-state index contributed by atoms with van der Waals surface area (Å²) in [5.41, 5.74) is 4.05. The molecule has 10 heteroatoms. The fraction of sp³-hybridized carbons (Fsp3) is 0.174. The fourth-order valence-electron chi connectivity index (χ4n) is 3.24. The lowest BCUT2D eigenvalue weighted by atomic mass is 10.1.